The van der Waals surface area contributed by atoms with Gasteiger partial charge in [0.15, 0.2) is 17.2 Å². The van der Waals surface area contributed by atoms with Crippen LogP contribution in [0, 0.1) is 0 Å². The van der Waals surface area contributed by atoms with Gasteiger partial charge < -0.3 is 18.9 Å². The van der Waals surface area contributed by atoms with E-state index in [2.05, 4.69) is 0 Å². The normalized spacial score (nSPS) is 12.6. The predicted molar refractivity (Wildman–Crippen MR) is 134 cm³/mol. The standard InChI is InChI=1S/C25H18Cl4O5/c1-31-25(30)16(7-14-5-6-22-23(11-14)34-13-33-22)8-15-9-20(28)24(21(29)10-15)32-12-17-18(26)3-2-4-19(17)27/h2-6,8-11H,7,12-13H2,1H3/b16-8+. The second-order valence-corrected chi connectivity index (χ2v) is 8.96. The number of carbonyl (C=O) groups excluding carboxylic acids is 1. The topological polar surface area (TPSA) is 54.0 Å². The summed E-state index contributed by atoms with van der Waals surface area (Å²) < 4.78 is 21.5. The van der Waals surface area contributed by atoms with Gasteiger partial charge in [-0.25, -0.2) is 4.79 Å². The monoisotopic (exact) mass is 538 g/mol. The van der Waals surface area contributed by atoms with Crippen LogP contribution in [0.15, 0.2) is 54.1 Å². The molecular weight excluding hydrogens is 522 g/mol. The Balaban J connectivity index is 1.58. The highest BCUT2D eigenvalue weighted by Crippen LogP contribution is 2.37. The third kappa shape index (κ3) is 5.56. The molecule has 0 radical (unpaired) electrons. The third-order valence-electron chi connectivity index (χ3n) is 5.06. The molecule has 3 aromatic carbocycles. The van der Waals surface area contributed by atoms with E-state index in [1.54, 1.807) is 42.5 Å². The largest absolute Gasteiger partial charge is 0.486 e. The van der Waals surface area contributed by atoms with Crippen molar-refractivity contribution < 1.29 is 23.7 Å². The Bertz CT molecular complexity index is 1230. The van der Waals surface area contributed by atoms with Gasteiger partial charge in [-0.2, -0.15) is 0 Å². The van der Waals surface area contributed by atoms with E-state index in [1.165, 1.54) is 7.11 Å². The number of rotatable bonds is 7. The summed E-state index contributed by atoms with van der Waals surface area (Å²) in [6.45, 7) is 0.261. The smallest absolute Gasteiger partial charge is 0.334 e. The van der Waals surface area contributed by atoms with Crippen LogP contribution in [0.5, 0.6) is 17.2 Å². The van der Waals surface area contributed by atoms with E-state index in [1.807, 2.05) is 12.1 Å². The molecule has 0 saturated heterocycles. The molecule has 0 N–H and O–H groups in total. The van der Waals surface area contributed by atoms with Gasteiger partial charge in [-0.05, 0) is 53.6 Å². The highest BCUT2D eigenvalue weighted by Gasteiger charge is 2.18. The molecule has 0 spiro atoms. The number of methoxy groups -OCH3 is 1. The molecule has 0 saturated carbocycles. The maximum Gasteiger partial charge on any atom is 0.334 e. The van der Waals surface area contributed by atoms with E-state index in [0.29, 0.717) is 44.7 Å². The van der Waals surface area contributed by atoms with E-state index in [-0.39, 0.29) is 29.2 Å². The molecule has 4 rings (SSSR count). The van der Waals surface area contributed by atoms with Crippen molar-refractivity contribution in [2.45, 2.75) is 13.0 Å². The zero-order valence-electron chi connectivity index (χ0n) is 17.9. The molecule has 0 atom stereocenters. The summed E-state index contributed by atoms with van der Waals surface area (Å²) >= 11 is 25.3. The highest BCUT2D eigenvalue weighted by atomic mass is 35.5. The number of carbonyl (C=O) groups is 1. The molecule has 0 aliphatic carbocycles. The average molecular weight is 540 g/mol. The molecule has 1 aliphatic heterocycles. The molecule has 0 fully saturated rings. The summed E-state index contributed by atoms with van der Waals surface area (Å²) in [4.78, 5) is 12.5. The van der Waals surface area contributed by atoms with Crippen molar-refractivity contribution in [1.82, 2.24) is 0 Å². The number of ether oxygens (including phenoxy) is 4. The van der Waals surface area contributed by atoms with Gasteiger partial charge in [-0.3, -0.25) is 0 Å². The molecule has 0 aromatic heterocycles. The molecule has 1 heterocycles. The highest BCUT2D eigenvalue weighted by molar-refractivity contribution is 6.37. The number of fused-ring (bicyclic) bond motifs is 1. The predicted octanol–water partition coefficient (Wildman–Crippen LogP) is 7.41. The fourth-order valence-corrected chi connectivity index (χ4v) is 4.52. The van der Waals surface area contributed by atoms with Gasteiger partial charge in [0.25, 0.3) is 0 Å². The summed E-state index contributed by atoms with van der Waals surface area (Å²) in [5.74, 6) is 1.11. The van der Waals surface area contributed by atoms with Gasteiger partial charge in [0, 0.05) is 27.6 Å². The summed E-state index contributed by atoms with van der Waals surface area (Å²) in [7, 11) is 1.33. The number of hydrogen-bond acceptors (Lipinski definition) is 5. The van der Waals surface area contributed by atoms with Crippen molar-refractivity contribution in [3.8, 4) is 17.2 Å². The van der Waals surface area contributed by atoms with Crippen molar-refractivity contribution in [1.29, 1.82) is 0 Å². The van der Waals surface area contributed by atoms with Crippen molar-refractivity contribution >= 4 is 58.4 Å². The van der Waals surface area contributed by atoms with Gasteiger partial charge in [0.2, 0.25) is 6.79 Å². The minimum atomic E-state index is -0.474. The van der Waals surface area contributed by atoms with E-state index >= 15 is 0 Å². The van der Waals surface area contributed by atoms with E-state index in [0.717, 1.165) is 5.56 Å². The molecule has 0 unspecified atom stereocenters. The van der Waals surface area contributed by atoms with Crippen molar-refractivity contribution in [2.75, 3.05) is 13.9 Å². The SMILES string of the molecule is COC(=O)/C(=C/c1cc(Cl)c(OCc2c(Cl)cccc2Cl)c(Cl)c1)Cc1ccc2c(c1)OCO2. The second-order valence-electron chi connectivity index (χ2n) is 7.33. The van der Waals surface area contributed by atoms with Crippen LogP contribution in [-0.4, -0.2) is 19.9 Å². The van der Waals surface area contributed by atoms with Crippen LogP contribution in [0.2, 0.25) is 20.1 Å². The van der Waals surface area contributed by atoms with Gasteiger partial charge >= 0.3 is 5.97 Å². The summed E-state index contributed by atoms with van der Waals surface area (Å²) in [5.41, 5.74) is 2.50. The molecule has 176 valence electrons. The lowest BCUT2D eigenvalue weighted by molar-refractivity contribution is -0.136. The maximum absolute atomic E-state index is 12.5. The molecule has 3 aromatic rings. The van der Waals surface area contributed by atoms with Crippen LogP contribution in [0.3, 0.4) is 0 Å². The zero-order valence-corrected chi connectivity index (χ0v) is 20.9. The van der Waals surface area contributed by atoms with Gasteiger partial charge in [-0.1, -0.05) is 58.5 Å². The quantitative estimate of drug-likeness (QED) is 0.231. The Hall–Kier alpha value is -2.57. The molecule has 1 aliphatic rings. The van der Waals surface area contributed by atoms with Crippen LogP contribution < -0.4 is 14.2 Å². The second kappa shape index (κ2) is 10.8. The van der Waals surface area contributed by atoms with Crippen LogP contribution in [-0.2, 0) is 22.6 Å². The van der Waals surface area contributed by atoms with E-state index in [4.69, 9.17) is 65.4 Å². The lowest BCUT2D eigenvalue weighted by atomic mass is 10.0. The molecule has 0 bridgehead atoms. The van der Waals surface area contributed by atoms with Gasteiger partial charge in [-0.15, -0.1) is 0 Å². The van der Waals surface area contributed by atoms with Crippen molar-refractivity contribution in [2.24, 2.45) is 0 Å². The molecule has 5 nitrogen and oxygen atoms in total. The van der Waals surface area contributed by atoms with Crippen LogP contribution >= 0.6 is 46.4 Å². The van der Waals surface area contributed by atoms with Crippen molar-refractivity contribution in [3.63, 3.8) is 0 Å². The third-order valence-corrected chi connectivity index (χ3v) is 6.33. The molecular formula is C25H18Cl4O5. The Morgan fingerprint density at radius 3 is 2.29 bits per heavy atom. The summed E-state index contributed by atoms with van der Waals surface area (Å²) in [6, 6.07) is 14.0. The lowest BCUT2D eigenvalue weighted by Crippen LogP contribution is -2.07. The lowest BCUT2D eigenvalue weighted by Gasteiger charge is -2.13. The first-order valence-electron chi connectivity index (χ1n) is 10.1. The van der Waals surface area contributed by atoms with Crippen LogP contribution in [0.25, 0.3) is 6.08 Å². The van der Waals surface area contributed by atoms with E-state index in [9.17, 15) is 4.79 Å². The fraction of sp³-hybridized carbons (Fsp3) is 0.160. The Labute approximate surface area is 216 Å². The maximum atomic E-state index is 12.5. The number of hydrogen-bond donors (Lipinski definition) is 0. The fourth-order valence-electron chi connectivity index (χ4n) is 3.40. The van der Waals surface area contributed by atoms with Crippen LogP contribution in [0.1, 0.15) is 16.7 Å². The summed E-state index contributed by atoms with van der Waals surface area (Å²) in [5, 5.41) is 1.50. The number of halogens is 4. The Kier molecular flexibility index (Phi) is 7.79. The number of benzene rings is 3. The average Bonchev–Trinajstić information content (AvgIpc) is 3.27. The Morgan fingerprint density at radius 1 is 0.941 bits per heavy atom. The molecule has 34 heavy (non-hydrogen) atoms. The first-order chi connectivity index (χ1) is 16.4. The van der Waals surface area contributed by atoms with E-state index < -0.39 is 5.97 Å². The van der Waals surface area contributed by atoms with Crippen LogP contribution in [0.4, 0.5) is 0 Å². The minimum Gasteiger partial charge on any atom is -0.486 e. The first-order valence-corrected chi connectivity index (χ1v) is 11.6. The van der Waals surface area contributed by atoms with Crippen molar-refractivity contribution in [3.05, 3.63) is 90.9 Å². The number of esters is 1. The first kappa shape index (κ1) is 24.6. The Morgan fingerprint density at radius 2 is 1.62 bits per heavy atom. The minimum absolute atomic E-state index is 0.0880. The van der Waals surface area contributed by atoms with Gasteiger partial charge in [0.1, 0.15) is 6.61 Å². The molecule has 0 amide bonds. The summed E-state index contributed by atoms with van der Waals surface area (Å²) in [6.07, 6.45) is 1.98. The zero-order chi connectivity index (χ0) is 24.2. The molecule has 9 heteroatoms. The van der Waals surface area contributed by atoms with Gasteiger partial charge in [0.05, 0.1) is 17.2 Å².